The van der Waals surface area contributed by atoms with E-state index >= 15 is 0 Å². The molecule has 4 heteroatoms. The summed E-state index contributed by atoms with van der Waals surface area (Å²) in [5.74, 6) is -0.932. The highest BCUT2D eigenvalue weighted by atomic mass is 16.4. The zero-order chi connectivity index (χ0) is 12.0. The zero-order valence-electron chi connectivity index (χ0n) is 9.14. The van der Waals surface area contributed by atoms with Crippen LogP contribution in [0.3, 0.4) is 0 Å². The Hall–Kier alpha value is -1.84. The SMILES string of the molecule is CCc1ccc(C(CC(=O)O)NC=O)cc1. The number of aryl methyl sites for hydroxylation is 1. The lowest BCUT2D eigenvalue weighted by Crippen LogP contribution is -2.22. The van der Waals surface area contributed by atoms with Gasteiger partial charge in [0.1, 0.15) is 0 Å². The van der Waals surface area contributed by atoms with Gasteiger partial charge in [-0.05, 0) is 17.5 Å². The van der Waals surface area contributed by atoms with Gasteiger partial charge in [0, 0.05) is 0 Å². The molecule has 1 aromatic carbocycles. The Labute approximate surface area is 94.3 Å². The number of carbonyl (C=O) groups excluding carboxylic acids is 1. The number of nitrogens with one attached hydrogen (secondary N) is 1. The Bertz CT molecular complexity index is 359. The summed E-state index contributed by atoms with van der Waals surface area (Å²) in [6, 6.07) is 7.13. The van der Waals surface area contributed by atoms with E-state index in [1.807, 2.05) is 31.2 Å². The van der Waals surface area contributed by atoms with E-state index in [0.717, 1.165) is 12.0 Å². The first kappa shape index (κ1) is 12.2. The number of carboxylic acid groups (broad SMARTS) is 1. The Morgan fingerprint density at radius 1 is 1.44 bits per heavy atom. The molecule has 0 aliphatic rings. The summed E-state index contributed by atoms with van der Waals surface area (Å²) in [5.41, 5.74) is 2.00. The Morgan fingerprint density at radius 3 is 2.50 bits per heavy atom. The summed E-state index contributed by atoms with van der Waals surface area (Å²) in [5, 5.41) is 11.2. The Morgan fingerprint density at radius 2 is 2.06 bits per heavy atom. The number of aliphatic carboxylic acids is 1. The molecule has 86 valence electrons. The van der Waals surface area contributed by atoms with E-state index in [2.05, 4.69) is 5.32 Å². The molecule has 0 aliphatic carbocycles. The van der Waals surface area contributed by atoms with Crippen molar-refractivity contribution in [1.82, 2.24) is 5.32 Å². The van der Waals surface area contributed by atoms with Gasteiger partial charge in [-0.15, -0.1) is 0 Å². The van der Waals surface area contributed by atoms with Crippen molar-refractivity contribution in [2.75, 3.05) is 0 Å². The fourth-order valence-electron chi connectivity index (χ4n) is 1.52. The summed E-state index contributed by atoms with van der Waals surface area (Å²) in [4.78, 5) is 21.0. The number of amides is 1. The summed E-state index contributed by atoms with van der Waals surface area (Å²) in [6.45, 7) is 2.05. The second-order valence-corrected chi connectivity index (χ2v) is 3.53. The third kappa shape index (κ3) is 3.38. The molecule has 4 nitrogen and oxygen atoms in total. The lowest BCUT2D eigenvalue weighted by Gasteiger charge is -2.14. The average molecular weight is 221 g/mol. The number of carbonyl (C=O) groups is 2. The van der Waals surface area contributed by atoms with Gasteiger partial charge in [0.05, 0.1) is 12.5 Å². The molecule has 0 aromatic heterocycles. The molecule has 1 amide bonds. The molecule has 0 radical (unpaired) electrons. The van der Waals surface area contributed by atoms with Crippen LogP contribution in [0, 0.1) is 0 Å². The second kappa shape index (κ2) is 5.90. The predicted molar refractivity (Wildman–Crippen MR) is 60.0 cm³/mol. The van der Waals surface area contributed by atoms with Crippen LogP contribution in [-0.4, -0.2) is 17.5 Å². The third-order valence-corrected chi connectivity index (χ3v) is 2.44. The fourth-order valence-corrected chi connectivity index (χ4v) is 1.52. The Balaban J connectivity index is 2.82. The van der Waals surface area contributed by atoms with Gasteiger partial charge in [-0.1, -0.05) is 31.2 Å². The maximum Gasteiger partial charge on any atom is 0.305 e. The minimum absolute atomic E-state index is 0.107. The van der Waals surface area contributed by atoms with E-state index in [-0.39, 0.29) is 6.42 Å². The molecule has 0 bridgehead atoms. The van der Waals surface area contributed by atoms with Crippen LogP contribution in [0.1, 0.15) is 30.5 Å². The molecule has 2 N–H and O–H groups in total. The first-order valence-corrected chi connectivity index (χ1v) is 5.17. The lowest BCUT2D eigenvalue weighted by atomic mass is 10.0. The van der Waals surface area contributed by atoms with Crippen molar-refractivity contribution < 1.29 is 14.7 Å². The van der Waals surface area contributed by atoms with Crippen LogP contribution in [0.2, 0.25) is 0 Å². The summed E-state index contributed by atoms with van der Waals surface area (Å²) >= 11 is 0. The smallest absolute Gasteiger partial charge is 0.305 e. The van der Waals surface area contributed by atoms with Gasteiger partial charge >= 0.3 is 5.97 Å². The van der Waals surface area contributed by atoms with Crippen LogP contribution in [-0.2, 0) is 16.0 Å². The van der Waals surface area contributed by atoms with Crippen LogP contribution in [0.15, 0.2) is 24.3 Å². The van der Waals surface area contributed by atoms with Gasteiger partial charge < -0.3 is 10.4 Å². The molecule has 1 unspecified atom stereocenters. The first-order valence-electron chi connectivity index (χ1n) is 5.17. The number of rotatable bonds is 6. The number of hydrogen-bond acceptors (Lipinski definition) is 2. The highest BCUT2D eigenvalue weighted by molar-refractivity contribution is 5.68. The molecule has 0 heterocycles. The standard InChI is InChI=1S/C12H15NO3/c1-2-9-3-5-10(6-4-9)11(13-8-14)7-12(15)16/h3-6,8,11H,2,7H2,1H3,(H,13,14)(H,15,16). The van der Waals surface area contributed by atoms with E-state index in [0.29, 0.717) is 6.41 Å². The molecule has 1 rings (SSSR count). The van der Waals surface area contributed by atoms with Crippen molar-refractivity contribution in [2.45, 2.75) is 25.8 Å². The average Bonchev–Trinajstić information content (AvgIpc) is 2.28. The van der Waals surface area contributed by atoms with Gasteiger partial charge in [-0.3, -0.25) is 9.59 Å². The molecular weight excluding hydrogens is 206 g/mol. The molecule has 0 spiro atoms. The van der Waals surface area contributed by atoms with Gasteiger partial charge in [0.25, 0.3) is 0 Å². The van der Waals surface area contributed by atoms with Gasteiger partial charge in [-0.2, -0.15) is 0 Å². The summed E-state index contributed by atoms with van der Waals surface area (Å²) in [7, 11) is 0. The molecule has 0 saturated carbocycles. The maximum atomic E-state index is 10.6. The van der Waals surface area contributed by atoms with Crippen LogP contribution in [0.4, 0.5) is 0 Å². The van der Waals surface area contributed by atoms with Crippen molar-refractivity contribution in [3.8, 4) is 0 Å². The molecule has 1 aromatic rings. The predicted octanol–water partition coefficient (Wildman–Crippen LogP) is 1.51. The Kier molecular flexibility index (Phi) is 4.51. The van der Waals surface area contributed by atoms with Gasteiger partial charge in [0.15, 0.2) is 0 Å². The summed E-state index contributed by atoms with van der Waals surface area (Å²) in [6.07, 6.45) is 1.36. The highest BCUT2D eigenvalue weighted by Gasteiger charge is 2.14. The molecule has 16 heavy (non-hydrogen) atoms. The van der Waals surface area contributed by atoms with Gasteiger partial charge in [0.2, 0.25) is 6.41 Å². The van der Waals surface area contributed by atoms with E-state index in [1.54, 1.807) is 0 Å². The zero-order valence-corrected chi connectivity index (χ0v) is 9.14. The largest absolute Gasteiger partial charge is 0.481 e. The van der Waals surface area contributed by atoms with Crippen LogP contribution in [0.25, 0.3) is 0 Å². The maximum absolute atomic E-state index is 10.6. The minimum atomic E-state index is -0.932. The minimum Gasteiger partial charge on any atom is -0.481 e. The normalized spacial score (nSPS) is 11.8. The van der Waals surface area contributed by atoms with Crippen molar-refractivity contribution in [3.05, 3.63) is 35.4 Å². The summed E-state index contributed by atoms with van der Waals surface area (Å²) < 4.78 is 0. The third-order valence-electron chi connectivity index (χ3n) is 2.44. The second-order valence-electron chi connectivity index (χ2n) is 3.53. The van der Waals surface area contributed by atoms with E-state index in [1.165, 1.54) is 5.56 Å². The van der Waals surface area contributed by atoms with E-state index in [9.17, 15) is 9.59 Å². The van der Waals surface area contributed by atoms with Crippen LogP contribution in [0.5, 0.6) is 0 Å². The van der Waals surface area contributed by atoms with Crippen molar-refractivity contribution in [2.24, 2.45) is 0 Å². The lowest BCUT2D eigenvalue weighted by molar-refractivity contribution is -0.137. The molecule has 0 fully saturated rings. The highest BCUT2D eigenvalue weighted by Crippen LogP contribution is 2.17. The topological polar surface area (TPSA) is 66.4 Å². The van der Waals surface area contributed by atoms with E-state index < -0.39 is 12.0 Å². The number of carboxylic acids is 1. The van der Waals surface area contributed by atoms with Crippen molar-refractivity contribution in [1.29, 1.82) is 0 Å². The monoisotopic (exact) mass is 221 g/mol. The van der Waals surface area contributed by atoms with E-state index in [4.69, 9.17) is 5.11 Å². The van der Waals surface area contributed by atoms with Crippen molar-refractivity contribution >= 4 is 12.4 Å². The molecular formula is C12H15NO3. The molecule has 0 saturated heterocycles. The number of hydrogen-bond donors (Lipinski definition) is 2. The fraction of sp³-hybridized carbons (Fsp3) is 0.333. The van der Waals surface area contributed by atoms with Crippen LogP contribution < -0.4 is 5.32 Å². The molecule has 1 atom stereocenters. The van der Waals surface area contributed by atoms with Gasteiger partial charge in [-0.25, -0.2) is 0 Å². The first-order chi connectivity index (χ1) is 7.67. The quantitative estimate of drug-likeness (QED) is 0.715. The van der Waals surface area contributed by atoms with Crippen LogP contribution >= 0.6 is 0 Å². The molecule has 0 aliphatic heterocycles. The number of benzene rings is 1. The van der Waals surface area contributed by atoms with Crippen molar-refractivity contribution in [3.63, 3.8) is 0 Å².